The van der Waals surface area contributed by atoms with Gasteiger partial charge >= 0.3 is 15.6 Å². The first kappa shape index (κ1) is 23.7. The molecule has 0 aliphatic heterocycles. The second-order valence-electron chi connectivity index (χ2n) is 4.50. The minimum atomic E-state index is -5.03. The highest BCUT2D eigenvalue weighted by Crippen LogP contribution is 2.36. The van der Waals surface area contributed by atoms with Gasteiger partial charge in [0.2, 0.25) is 0 Å². The molecular weight excluding hydrogens is 382 g/mol. The van der Waals surface area contributed by atoms with Crippen LogP contribution in [-0.4, -0.2) is 94.6 Å². The molecule has 0 aromatic carbocycles. The van der Waals surface area contributed by atoms with Crippen LogP contribution in [0, 0.1) is 0 Å². The lowest BCUT2D eigenvalue weighted by Crippen LogP contribution is -2.52. The van der Waals surface area contributed by atoms with Gasteiger partial charge in [0.15, 0.2) is 5.78 Å². The summed E-state index contributed by atoms with van der Waals surface area (Å²) in [5.74, 6) is -1.46. The summed E-state index contributed by atoms with van der Waals surface area (Å²) in [6.45, 7) is -2.48. The molecule has 0 rings (SSSR count). The number of rotatable bonds is 11. The number of aliphatic hydroxyl groups is 5. The number of aliphatic hydroxyl groups excluding tert-OH is 5. The Morgan fingerprint density at radius 2 is 1.25 bits per heavy atom. The van der Waals surface area contributed by atoms with Gasteiger partial charge in [0.05, 0.1) is 6.61 Å². The van der Waals surface area contributed by atoms with Gasteiger partial charge in [-0.15, -0.1) is 0 Å². The molecule has 0 saturated heterocycles. The van der Waals surface area contributed by atoms with E-state index in [2.05, 4.69) is 9.05 Å². The van der Waals surface area contributed by atoms with Crippen LogP contribution in [-0.2, 0) is 23.0 Å². The summed E-state index contributed by atoms with van der Waals surface area (Å²) >= 11 is 0. The molecular formula is C8H18O14P2. The van der Waals surface area contributed by atoms with Gasteiger partial charge in [-0.1, -0.05) is 0 Å². The molecule has 0 fully saturated rings. The normalized spacial score (nSPS) is 19.4. The average molecular weight is 400 g/mol. The molecule has 9 N–H and O–H groups in total. The van der Waals surface area contributed by atoms with Gasteiger partial charge in [0, 0.05) is 0 Å². The maximum atomic E-state index is 11.3. The van der Waals surface area contributed by atoms with Gasteiger partial charge in [-0.05, 0) is 0 Å². The second-order valence-corrected chi connectivity index (χ2v) is 6.98. The monoisotopic (exact) mass is 400 g/mol. The fraction of sp³-hybridized carbons (Fsp3) is 0.875. The Labute approximate surface area is 134 Å². The van der Waals surface area contributed by atoms with Gasteiger partial charge < -0.3 is 45.1 Å². The zero-order valence-corrected chi connectivity index (χ0v) is 13.6. The molecule has 0 unspecified atom stereocenters. The molecule has 0 radical (unpaired) electrons. The highest BCUT2D eigenvalue weighted by atomic mass is 31.2. The Hall–Kier alpha value is -0.310. The SMILES string of the molecule is O=C(COP(=O)(O)O)[C@@H](O)[C@H](O)[C@H](O)[C@H](O)[C@H](O)COP(=O)(O)O. The molecule has 0 aliphatic carbocycles. The number of hydrogen-bond donors (Lipinski definition) is 9. The Morgan fingerprint density at radius 1 is 0.792 bits per heavy atom. The highest BCUT2D eigenvalue weighted by molar-refractivity contribution is 7.46. The third-order valence-electron chi connectivity index (χ3n) is 2.54. The lowest BCUT2D eigenvalue weighted by Gasteiger charge is -2.28. The van der Waals surface area contributed by atoms with E-state index >= 15 is 0 Å². The number of phosphoric acid groups is 2. The van der Waals surface area contributed by atoms with Gasteiger partial charge in [-0.3, -0.25) is 13.8 Å². The van der Waals surface area contributed by atoms with Crippen LogP contribution in [0.4, 0.5) is 0 Å². The van der Waals surface area contributed by atoms with Crippen LogP contribution < -0.4 is 0 Å². The molecule has 14 nitrogen and oxygen atoms in total. The minimum Gasteiger partial charge on any atom is -0.388 e. The van der Waals surface area contributed by atoms with E-state index in [1.54, 1.807) is 0 Å². The summed E-state index contributed by atoms with van der Waals surface area (Å²) in [6.07, 6.45) is -11.7. The molecule has 5 atom stereocenters. The zero-order valence-electron chi connectivity index (χ0n) is 11.8. The topological polar surface area (TPSA) is 252 Å². The van der Waals surface area contributed by atoms with Crippen molar-refractivity contribution in [3.63, 3.8) is 0 Å². The summed E-state index contributed by atoms with van der Waals surface area (Å²) in [6, 6.07) is 0. The van der Waals surface area contributed by atoms with Gasteiger partial charge in [0.25, 0.3) is 0 Å². The fourth-order valence-corrected chi connectivity index (χ4v) is 1.95. The standard InChI is InChI=1S/C8H18O14P2/c9-3(1-21-23(15,16)17)5(11)7(13)8(14)6(12)4(10)2-22-24(18,19)20/h3,5-9,11-14H,1-2H2,(H2,15,16,17)(H2,18,19,20)/t3-,5-,6-,7-,8+/m1/s1. The van der Waals surface area contributed by atoms with E-state index in [4.69, 9.17) is 19.6 Å². The van der Waals surface area contributed by atoms with Gasteiger partial charge in [0.1, 0.15) is 37.1 Å². The first-order valence-electron chi connectivity index (χ1n) is 5.99. The maximum absolute atomic E-state index is 11.3. The lowest BCUT2D eigenvalue weighted by molar-refractivity contribution is -0.156. The lowest BCUT2D eigenvalue weighted by atomic mass is 9.97. The Balaban J connectivity index is 4.65. The van der Waals surface area contributed by atoms with Crippen molar-refractivity contribution in [3.8, 4) is 0 Å². The van der Waals surface area contributed by atoms with Crippen LogP contribution >= 0.6 is 15.6 Å². The van der Waals surface area contributed by atoms with E-state index < -0.39 is 65.2 Å². The first-order chi connectivity index (χ1) is 10.7. The number of Topliss-reactive ketones (excluding diaryl/α,β-unsaturated/α-hetero) is 1. The molecule has 0 aliphatic rings. The van der Waals surface area contributed by atoms with Crippen LogP contribution in [0.2, 0.25) is 0 Å². The van der Waals surface area contributed by atoms with Crippen molar-refractivity contribution in [1.29, 1.82) is 0 Å². The van der Waals surface area contributed by atoms with Gasteiger partial charge in [-0.25, -0.2) is 9.13 Å². The van der Waals surface area contributed by atoms with Crippen molar-refractivity contribution in [1.82, 2.24) is 0 Å². The summed E-state index contributed by atoms with van der Waals surface area (Å²) < 4.78 is 28.4. The van der Waals surface area contributed by atoms with Gasteiger partial charge in [-0.2, -0.15) is 0 Å². The molecule has 0 heterocycles. The summed E-state index contributed by atoms with van der Waals surface area (Å²) in [7, 11) is -10.0. The van der Waals surface area contributed by atoms with Crippen LogP contribution in [0.5, 0.6) is 0 Å². The summed E-state index contributed by atoms with van der Waals surface area (Å²) in [5, 5.41) is 47.2. The van der Waals surface area contributed by atoms with E-state index in [1.165, 1.54) is 0 Å². The number of carbonyl (C=O) groups is 1. The van der Waals surface area contributed by atoms with Crippen LogP contribution in [0.3, 0.4) is 0 Å². The Bertz CT molecular complexity index is 497. The quantitative estimate of drug-likeness (QED) is 0.148. The maximum Gasteiger partial charge on any atom is 0.470 e. The van der Waals surface area contributed by atoms with Crippen molar-refractivity contribution in [2.45, 2.75) is 30.5 Å². The molecule has 0 amide bonds. The first-order valence-corrected chi connectivity index (χ1v) is 9.05. The number of ketones is 1. The van der Waals surface area contributed by atoms with Crippen LogP contribution in [0.15, 0.2) is 0 Å². The predicted molar refractivity (Wildman–Crippen MR) is 71.0 cm³/mol. The summed E-state index contributed by atoms with van der Waals surface area (Å²) in [5.41, 5.74) is 0. The van der Waals surface area contributed by atoms with Crippen molar-refractivity contribution < 1.29 is 68.1 Å². The van der Waals surface area contributed by atoms with Crippen LogP contribution in [0.25, 0.3) is 0 Å². The van der Waals surface area contributed by atoms with Crippen molar-refractivity contribution in [3.05, 3.63) is 0 Å². The highest BCUT2D eigenvalue weighted by Gasteiger charge is 2.38. The molecule has 0 aromatic rings. The third-order valence-corrected chi connectivity index (χ3v) is 3.49. The smallest absolute Gasteiger partial charge is 0.388 e. The molecule has 0 spiro atoms. The molecule has 16 heteroatoms. The Morgan fingerprint density at radius 3 is 1.67 bits per heavy atom. The average Bonchev–Trinajstić information content (AvgIpc) is 2.45. The Kier molecular flexibility index (Phi) is 9.28. The predicted octanol–water partition coefficient (Wildman–Crippen LogP) is -4.42. The number of phosphoric ester groups is 2. The zero-order chi connectivity index (χ0) is 19.3. The van der Waals surface area contributed by atoms with E-state index in [1.807, 2.05) is 0 Å². The molecule has 0 bridgehead atoms. The fourth-order valence-electron chi connectivity index (χ4n) is 1.31. The number of hydrogen-bond acceptors (Lipinski definition) is 10. The molecule has 144 valence electrons. The summed E-state index contributed by atoms with van der Waals surface area (Å²) in [4.78, 5) is 44.9. The van der Waals surface area contributed by atoms with E-state index in [-0.39, 0.29) is 0 Å². The minimum absolute atomic E-state index is 1.15. The van der Waals surface area contributed by atoms with Crippen LogP contribution in [0.1, 0.15) is 0 Å². The third kappa shape index (κ3) is 9.25. The molecule has 0 aromatic heterocycles. The van der Waals surface area contributed by atoms with E-state index in [0.717, 1.165) is 0 Å². The second kappa shape index (κ2) is 9.40. The van der Waals surface area contributed by atoms with Crippen molar-refractivity contribution >= 4 is 21.4 Å². The van der Waals surface area contributed by atoms with Crippen molar-refractivity contribution in [2.75, 3.05) is 13.2 Å². The number of carbonyl (C=O) groups excluding carboxylic acids is 1. The van der Waals surface area contributed by atoms with Crippen molar-refractivity contribution in [2.24, 2.45) is 0 Å². The molecule has 0 saturated carbocycles. The van der Waals surface area contributed by atoms with E-state index in [9.17, 15) is 39.5 Å². The molecule has 24 heavy (non-hydrogen) atoms. The van der Waals surface area contributed by atoms with E-state index in [0.29, 0.717) is 0 Å². The largest absolute Gasteiger partial charge is 0.470 e.